The lowest BCUT2D eigenvalue weighted by atomic mass is 9.99. The van der Waals surface area contributed by atoms with E-state index in [1.54, 1.807) is 12.4 Å². The molecule has 0 bridgehead atoms. The molecule has 7 heteroatoms. The molecule has 1 aliphatic heterocycles. The molecule has 1 saturated heterocycles. The Morgan fingerprint density at radius 3 is 2.79 bits per heavy atom. The van der Waals surface area contributed by atoms with Crippen LogP contribution in [0.15, 0.2) is 47.2 Å². The highest BCUT2D eigenvalue weighted by Gasteiger charge is 2.32. The SMILES string of the molecule is Clc1ccc(CN2CC(c3nc(-c4cccnc4)no3)C2)cc1Cl. The first-order valence-corrected chi connectivity index (χ1v) is 8.35. The van der Waals surface area contributed by atoms with Gasteiger partial charge in [0.1, 0.15) is 0 Å². The highest BCUT2D eigenvalue weighted by molar-refractivity contribution is 6.42. The smallest absolute Gasteiger partial charge is 0.232 e. The zero-order valence-corrected chi connectivity index (χ0v) is 14.2. The molecule has 0 saturated carbocycles. The Hall–Kier alpha value is -1.95. The van der Waals surface area contributed by atoms with Crippen LogP contribution in [0.1, 0.15) is 17.4 Å². The summed E-state index contributed by atoms with van der Waals surface area (Å²) in [7, 11) is 0. The van der Waals surface area contributed by atoms with Gasteiger partial charge in [-0.2, -0.15) is 4.98 Å². The number of nitrogens with zero attached hydrogens (tertiary/aromatic N) is 4. The topological polar surface area (TPSA) is 55.1 Å². The van der Waals surface area contributed by atoms with Crippen molar-refractivity contribution in [2.75, 3.05) is 13.1 Å². The number of rotatable bonds is 4. The third kappa shape index (κ3) is 3.15. The van der Waals surface area contributed by atoms with Crippen molar-refractivity contribution in [3.05, 3.63) is 64.2 Å². The van der Waals surface area contributed by atoms with Crippen LogP contribution in [0.2, 0.25) is 10.0 Å². The maximum atomic E-state index is 6.06. The van der Waals surface area contributed by atoms with Crippen LogP contribution in [0.5, 0.6) is 0 Å². The van der Waals surface area contributed by atoms with Gasteiger partial charge < -0.3 is 4.52 Å². The Balaban J connectivity index is 1.37. The molecule has 3 heterocycles. The molecule has 5 nitrogen and oxygen atoms in total. The summed E-state index contributed by atoms with van der Waals surface area (Å²) in [6.45, 7) is 2.60. The molecular weight excluding hydrogens is 347 g/mol. The molecule has 1 aliphatic rings. The molecule has 0 aliphatic carbocycles. The summed E-state index contributed by atoms with van der Waals surface area (Å²) in [4.78, 5) is 10.9. The molecule has 3 aromatic rings. The molecule has 0 spiro atoms. The number of halogens is 2. The van der Waals surface area contributed by atoms with Crippen molar-refractivity contribution >= 4 is 23.2 Å². The molecule has 1 aromatic carbocycles. The summed E-state index contributed by atoms with van der Waals surface area (Å²) in [6, 6.07) is 9.50. The molecule has 0 N–H and O–H groups in total. The summed E-state index contributed by atoms with van der Waals surface area (Å²) in [5.74, 6) is 1.53. The Morgan fingerprint density at radius 2 is 2.04 bits per heavy atom. The third-order valence-electron chi connectivity index (χ3n) is 4.06. The van der Waals surface area contributed by atoms with Gasteiger partial charge in [-0.1, -0.05) is 34.4 Å². The molecule has 122 valence electrons. The molecule has 2 aromatic heterocycles. The van der Waals surface area contributed by atoms with E-state index < -0.39 is 0 Å². The molecule has 1 fully saturated rings. The first-order chi connectivity index (χ1) is 11.7. The van der Waals surface area contributed by atoms with E-state index in [-0.39, 0.29) is 5.92 Å². The van der Waals surface area contributed by atoms with Gasteiger partial charge in [-0.15, -0.1) is 0 Å². The Labute approximate surface area is 149 Å². The highest BCUT2D eigenvalue weighted by Crippen LogP contribution is 2.30. The summed E-state index contributed by atoms with van der Waals surface area (Å²) >= 11 is 12.0. The largest absolute Gasteiger partial charge is 0.339 e. The van der Waals surface area contributed by atoms with Crippen LogP contribution in [0, 0.1) is 0 Å². The second-order valence-electron chi connectivity index (χ2n) is 5.84. The Morgan fingerprint density at radius 1 is 1.17 bits per heavy atom. The van der Waals surface area contributed by atoms with Crippen LogP contribution < -0.4 is 0 Å². The minimum absolute atomic E-state index is 0.269. The fraction of sp³-hybridized carbons (Fsp3) is 0.235. The van der Waals surface area contributed by atoms with Crippen LogP contribution in [0.4, 0.5) is 0 Å². The lowest BCUT2D eigenvalue weighted by Crippen LogP contribution is -2.44. The fourth-order valence-corrected chi connectivity index (χ4v) is 3.09. The van der Waals surface area contributed by atoms with E-state index in [0.717, 1.165) is 30.8 Å². The summed E-state index contributed by atoms with van der Waals surface area (Å²) in [6.07, 6.45) is 3.45. The molecule has 0 radical (unpaired) electrons. The first kappa shape index (κ1) is 15.6. The quantitative estimate of drug-likeness (QED) is 0.702. The van der Waals surface area contributed by atoms with Gasteiger partial charge in [0, 0.05) is 37.6 Å². The van der Waals surface area contributed by atoms with Gasteiger partial charge in [0.25, 0.3) is 0 Å². The third-order valence-corrected chi connectivity index (χ3v) is 4.80. The first-order valence-electron chi connectivity index (χ1n) is 7.59. The molecule has 4 rings (SSSR count). The molecule has 0 atom stereocenters. The maximum Gasteiger partial charge on any atom is 0.232 e. The van der Waals surface area contributed by atoms with Crippen LogP contribution in [0.3, 0.4) is 0 Å². The predicted octanol–water partition coefficient (Wildman–Crippen LogP) is 4.04. The number of aromatic nitrogens is 3. The van der Waals surface area contributed by atoms with Gasteiger partial charge in [-0.05, 0) is 29.8 Å². The molecular formula is C17H14Cl2N4O. The van der Waals surface area contributed by atoms with Crippen LogP contribution in [-0.2, 0) is 6.54 Å². The average Bonchev–Trinajstić information content (AvgIpc) is 3.04. The normalized spacial score (nSPS) is 15.4. The summed E-state index contributed by atoms with van der Waals surface area (Å²) in [5, 5.41) is 5.21. The standard InChI is InChI=1S/C17H14Cl2N4O/c18-14-4-3-11(6-15(14)19)8-23-9-13(10-23)17-21-16(22-24-17)12-2-1-5-20-7-12/h1-7,13H,8-10H2. The van der Waals surface area contributed by atoms with E-state index in [4.69, 9.17) is 27.7 Å². The van der Waals surface area contributed by atoms with Gasteiger partial charge in [0.15, 0.2) is 0 Å². The predicted molar refractivity (Wildman–Crippen MR) is 92.0 cm³/mol. The van der Waals surface area contributed by atoms with Crippen molar-refractivity contribution in [1.29, 1.82) is 0 Å². The van der Waals surface area contributed by atoms with Crippen LogP contribution in [-0.4, -0.2) is 33.1 Å². The molecule has 0 unspecified atom stereocenters. The summed E-state index contributed by atoms with van der Waals surface area (Å²) < 4.78 is 5.40. The van der Waals surface area contributed by atoms with Crippen molar-refractivity contribution in [3.8, 4) is 11.4 Å². The average molecular weight is 361 g/mol. The van der Waals surface area contributed by atoms with E-state index in [9.17, 15) is 0 Å². The number of benzene rings is 1. The second-order valence-corrected chi connectivity index (χ2v) is 6.65. The second kappa shape index (κ2) is 6.51. The monoisotopic (exact) mass is 360 g/mol. The van der Waals surface area contributed by atoms with E-state index in [1.807, 2.05) is 30.3 Å². The van der Waals surface area contributed by atoms with E-state index in [2.05, 4.69) is 20.0 Å². The number of pyridine rings is 1. The van der Waals surface area contributed by atoms with Gasteiger partial charge in [0.05, 0.1) is 16.0 Å². The lowest BCUT2D eigenvalue weighted by Gasteiger charge is -2.37. The van der Waals surface area contributed by atoms with Crippen molar-refractivity contribution in [2.45, 2.75) is 12.5 Å². The summed E-state index contributed by atoms with van der Waals surface area (Å²) in [5.41, 5.74) is 2.00. The number of likely N-dealkylation sites (tertiary alicyclic amines) is 1. The van der Waals surface area contributed by atoms with Crippen molar-refractivity contribution in [2.24, 2.45) is 0 Å². The van der Waals surface area contributed by atoms with Gasteiger partial charge >= 0.3 is 0 Å². The van der Waals surface area contributed by atoms with E-state index in [0.29, 0.717) is 21.8 Å². The van der Waals surface area contributed by atoms with Crippen molar-refractivity contribution < 1.29 is 4.52 Å². The van der Waals surface area contributed by atoms with Gasteiger partial charge in [-0.25, -0.2) is 0 Å². The van der Waals surface area contributed by atoms with E-state index >= 15 is 0 Å². The van der Waals surface area contributed by atoms with Gasteiger partial charge in [0.2, 0.25) is 11.7 Å². The minimum Gasteiger partial charge on any atom is -0.339 e. The van der Waals surface area contributed by atoms with Crippen molar-refractivity contribution in [3.63, 3.8) is 0 Å². The lowest BCUT2D eigenvalue weighted by molar-refractivity contribution is 0.117. The van der Waals surface area contributed by atoms with Crippen LogP contribution >= 0.6 is 23.2 Å². The van der Waals surface area contributed by atoms with Gasteiger partial charge in [-0.3, -0.25) is 9.88 Å². The molecule has 24 heavy (non-hydrogen) atoms. The maximum absolute atomic E-state index is 6.06. The van der Waals surface area contributed by atoms with Crippen molar-refractivity contribution in [1.82, 2.24) is 20.0 Å². The van der Waals surface area contributed by atoms with E-state index in [1.165, 1.54) is 0 Å². The zero-order chi connectivity index (χ0) is 16.5. The fourth-order valence-electron chi connectivity index (χ4n) is 2.76. The Kier molecular flexibility index (Phi) is 4.22. The zero-order valence-electron chi connectivity index (χ0n) is 12.7. The Bertz CT molecular complexity index is 847. The number of hydrogen-bond donors (Lipinski definition) is 0. The van der Waals surface area contributed by atoms with Crippen LogP contribution in [0.25, 0.3) is 11.4 Å². The molecule has 0 amide bonds. The number of hydrogen-bond acceptors (Lipinski definition) is 5. The highest BCUT2D eigenvalue weighted by atomic mass is 35.5. The minimum atomic E-state index is 0.269.